The number of aromatic nitrogens is 6. The highest BCUT2D eigenvalue weighted by atomic mass is 16.4. The third-order valence-electron chi connectivity index (χ3n) is 2.79. The summed E-state index contributed by atoms with van der Waals surface area (Å²) in [5.41, 5.74) is 4.25. The first-order valence-corrected chi connectivity index (χ1v) is 5.98. The minimum absolute atomic E-state index is 0.0614. The van der Waals surface area contributed by atoms with Crippen molar-refractivity contribution in [3.63, 3.8) is 0 Å². The van der Waals surface area contributed by atoms with Crippen molar-refractivity contribution in [3.8, 4) is 0 Å². The van der Waals surface area contributed by atoms with Crippen LogP contribution in [-0.4, -0.2) is 46.5 Å². The molecule has 0 radical (unpaired) electrons. The first kappa shape index (κ1) is 14.6. The molecule has 0 aliphatic carbocycles. The van der Waals surface area contributed by atoms with Crippen LogP contribution in [0, 0.1) is 0 Å². The van der Waals surface area contributed by atoms with E-state index in [9.17, 15) is 14.4 Å². The van der Waals surface area contributed by atoms with E-state index in [1.165, 1.54) is 23.3 Å². The Bertz CT molecular complexity index is 733. The second-order valence-corrected chi connectivity index (χ2v) is 4.26. The molecule has 2 aromatic heterocycles. The monoisotopic (exact) mass is 295 g/mol. The molecule has 11 nitrogen and oxygen atoms in total. The summed E-state index contributed by atoms with van der Waals surface area (Å²) in [5, 5.41) is 19.2. The number of aliphatic carboxylic acids is 1. The molecule has 112 valence electrons. The zero-order valence-electron chi connectivity index (χ0n) is 10.9. The van der Waals surface area contributed by atoms with Gasteiger partial charge >= 0.3 is 11.7 Å². The van der Waals surface area contributed by atoms with Crippen LogP contribution in [0.15, 0.2) is 28.2 Å². The molecule has 0 spiro atoms. The normalized spacial score (nSPS) is 12.2. The third kappa shape index (κ3) is 3.39. The summed E-state index contributed by atoms with van der Waals surface area (Å²) in [6, 6.07) is -0.0524. The Balaban J connectivity index is 2.22. The fraction of sp³-hybridized carbons (Fsp3) is 0.400. The van der Waals surface area contributed by atoms with Gasteiger partial charge in [0, 0.05) is 12.3 Å². The van der Waals surface area contributed by atoms with E-state index >= 15 is 0 Å². The van der Waals surface area contributed by atoms with Gasteiger partial charge in [0.25, 0.3) is 5.56 Å². The van der Waals surface area contributed by atoms with Crippen LogP contribution in [0.3, 0.4) is 0 Å². The predicted molar refractivity (Wildman–Crippen MR) is 68.4 cm³/mol. The average molecular weight is 295 g/mol. The summed E-state index contributed by atoms with van der Waals surface area (Å²) < 4.78 is 3.42. The van der Waals surface area contributed by atoms with Gasteiger partial charge in [-0.1, -0.05) is 0 Å². The van der Waals surface area contributed by atoms with Gasteiger partial charge < -0.3 is 10.8 Å². The Morgan fingerprint density at radius 3 is 2.76 bits per heavy atom. The Morgan fingerprint density at radius 1 is 1.38 bits per heavy atom. The number of hydrogen-bond donors (Lipinski definition) is 2. The van der Waals surface area contributed by atoms with Crippen LogP contribution >= 0.6 is 0 Å². The number of rotatable bonds is 6. The van der Waals surface area contributed by atoms with Crippen molar-refractivity contribution in [1.29, 1.82) is 0 Å². The Kier molecular flexibility index (Phi) is 4.23. The van der Waals surface area contributed by atoms with Gasteiger partial charge in [0.05, 0.1) is 19.6 Å². The van der Waals surface area contributed by atoms with Gasteiger partial charge in [0.15, 0.2) is 0 Å². The molecule has 0 saturated carbocycles. The van der Waals surface area contributed by atoms with Crippen LogP contribution < -0.4 is 17.0 Å². The van der Waals surface area contributed by atoms with E-state index in [4.69, 9.17) is 10.8 Å². The van der Waals surface area contributed by atoms with Crippen molar-refractivity contribution in [2.24, 2.45) is 5.73 Å². The van der Waals surface area contributed by atoms with E-state index in [0.29, 0.717) is 0 Å². The second kappa shape index (κ2) is 6.09. The third-order valence-corrected chi connectivity index (χ3v) is 2.79. The quantitative estimate of drug-likeness (QED) is 0.576. The first-order valence-electron chi connectivity index (χ1n) is 5.98. The maximum Gasteiger partial charge on any atom is 0.331 e. The molecule has 21 heavy (non-hydrogen) atoms. The van der Waals surface area contributed by atoms with Gasteiger partial charge in [-0.3, -0.25) is 18.7 Å². The van der Waals surface area contributed by atoms with Crippen molar-refractivity contribution in [3.05, 3.63) is 39.4 Å². The number of hydrogen-bond acceptors (Lipinski definition) is 7. The lowest BCUT2D eigenvalue weighted by Gasteiger charge is -2.11. The summed E-state index contributed by atoms with van der Waals surface area (Å²) in [6.45, 7) is 0.0718. The van der Waals surface area contributed by atoms with E-state index in [0.717, 1.165) is 9.13 Å². The van der Waals surface area contributed by atoms with Gasteiger partial charge in [0.2, 0.25) is 0 Å². The molecular weight excluding hydrogens is 282 g/mol. The van der Waals surface area contributed by atoms with Crippen molar-refractivity contribution >= 4 is 5.97 Å². The minimum Gasteiger partial charge on any atom is -0.480 e. The van der Waals surface area contributed by atoms with Crippen LogP contribution in [0.5, 0.6) is 0 Å². The summed E-state index contributed by atoms with van der Waals surface area (Å²) >= 11 is 0. The molecular formula is C10H13N7O4. The average Bonchev–Trinajstić information content (AvgIpc) is 2.94. The van der Waals surface area contributed by atoms with Crippen LogP contribution in [0.25, 0.3) is 0 Å². The Hall–Kier alpha value is -2.82. The molecule has 0 fully saturated rings. The number of carboxylic acid groups (broad SMARTS) is 1. The van der Waals surface area contributed by atoms with Gasteiger partial charge in [-0.25, -0.2) is 9.48 Å². The molecule has 0 amide bonds. The molecule has 0 bridgehead atoms. The number of nitrogens with two attached hydrogens (primary N) is 1. The summed E-state index contributed by atoms with van der Waals surface area (Å²) in [4.78, 5) is 34.6. The number of aryl methyl sites for hydroxylation is 1. The van der Waals surface area contributed by atoms with Crippen LogP contribution in [-0.2, 0) is 24.4 Å². The highest BCUT2D eigenvalue weighted by Crippen LogP contribution is 1.87. The molecule has 3 N–H and O–H groups in total. The Labute approximate surface area is 117 Å². The lowest BCUT2D eigenvalue weighted by atomic mass is 10.3. The molecule has 0 unspecified atom stereocenters. The van der Waals surface area contributed by atoms with E-state index in [-0.39, 0.29) is 19.6 Å². The molecule has 2 rings (SSSR count). The van der Waals surface area contributed by atoms with Crippen molar-refractivity contribution < 1.29 is 9.90 Å². The van der Waals surface area contributed by atoms with Gasteiger partial charge in [-0.15, -0.1) is 5.10 Å². The molecule has 2 aromatic rings. The smallest absolute Gasteiger partial charge is 0.331 e. The topological polar surface area (TPSA) is 151 Å². The predicted octanol–water partition coefficient (Wildman–Crippen LogP) is -2.89. The highest BCUT2D eigenvalue weighted by Gasteiger charge is 2.14. The fourth-order valence-electron chi connectivity index (χ4n) is 1.68. The number of nitrogens with zero attached hydrogens (tertiary/aromatic N) is 6. The Morgan fingerprint density at radius 2 is 2.14 bits per heavy atom. The molecule has 0 aliphatic rings. The van der Waals surface area contributed by atoms with E-state index in [1.54, 1.807) is 0 Å². The van der Waals surface area contributed by atoms with Crippen molar-refractivity contribution in [1.82, 2.24) is 29.3 Å². The lowest BCUT2D eigenvalue weighted by molar-refractivity contribution is -0.138. The zero-order chi connectivity index (χ0) is 15.4. The second-order valence-electron chi connectivity index (χ2n) is 4.26. The van der Waals surface area contributed by atoms with Gasteiger partial charge in [-0.05, 0) is 10.4 Å². The maximum absolute atomic E-state index is 12.1. The highest BCUT2D eigenvalue weighted by molar-refractivity contribution is 5.72. The van der Waals surface area contributed by atoms with Crippen LogP contribution in [0.2, 0.25) is 0 Å². The molecule has 1 atom stereocenters. The summed E-state index contributed by atoms with van der Waals surface area (Å²) in [5.74, 6) is -1.23. The minimum atomic E-state index is -1.23. The molecule has 0 saturated heterocycles. The SMILES string of the molecule is N[C@@H](Cn1ccc(=O)n(CCn2cnnn2)c1=O)C(=O)O. The van der Waals surface area contributed by atoms with Gasteiger partial charge in [-0.2, -0.15) is 0 Å². The van der Waals surface area contributed by atoms with Crippen molar-refractivity contribution in [2.75, 3.05) is 0 Å². The maximum atomic E-state index is 12.1. The van der Waals surface area contributed by atoms with Crippen molar-refractivity contribution in [2.45, 2.75) is 25.7 Å². The molecule has 2 heterocycles. The van der Waals surface area contributed by atoms with Crippen LogP contribution in [0.4, 0.5) is 0 Å². The molecule has 11 heteroatoms. The van der Waals surface area contributed by atoms with E-state index in [2.05, 4.69) is 15.5 Å². The summed E-state index contributed by atoms with van der Waals surface area (Å²) in [7, 11) is 0. The standard InChI is InChI=1S/C10H13N7O4/c11-7(9(19)20)5-15-2-1-8(18)17(10(15)21)4-3-16-6-12-13-14-16/h1-2,6-7H,3-5,11H2,(H,19,20)/t7-/m0/s1. The fourth-order valence-corrected chi connectivity index (χ4v) is 1.68. The first-order chi connectivity index (χ1) is 9.99. The number of tetrazole rings is 1. The van der Waals surface area contributed by atoms with Gasteiger partial charge in [0.1, 0.15) is 12.4 Å². The van der Waals surface area contributed by atoms with E-state index in [1.807, 2.05) is 0 Å². The molecule has 0 aliphatic heterocycles. The number of carbonyl (C=O) groups is 1. The largest absolute Gasteiger partial charge is 0.480 e. The molecule has 0 aromatic carbocycles. The zero-order valence-corrected chi connectivity index (χ0v) is 10.9. The van der Waals surface area contributed by atoms with E-state index < -0.39 is 23.3 Å². The lowest BCUT2D eigenvalue weighted by Crippen LogP contribution is -2.44. The summed E-state index contributed by atoms with van der Waals surface area (Å²) in [6.07, 6.45) is 2.58. The van der Waals surface area contributed by atoms with Crippen LogP contribution in [0.1, 0.15) is 0 Å². The number of carboxylic acids is 1.